The van der Waals surface area contributed by atoms with Gasteiger partial charge in [0.2, 0.25) is 0 Å². The van der Waals surface area contributed by atoms with Crippen LogP contribution in [0.1, 0.15) is 37.4 Å². The van der Waals surface area contributed by atoms with E-state index < -0.39 is 31.1 Å². The molecule has 1 unspecified atom stereocenters. The fourth-order valence-corrected chi connectivity index (χ4v) is 11.7. The van der Waals surface area contributed by atoms with Crippen molar-refractivity contribution in [3.63, 3.8) is 0 Å². The summed E-state index contributed by atoms with van der Waals surface area (Å²) < 4.78 is 41.2. The first-order valence-electron chi connectivity index (χ1n) is 8.49. The maximum Gasteiger partial charge on any atom is 0.402 e. The minimum absolute atomic E-state index is 0.0316. The Bertz CT molecular complexity index is 813. The van der Waals surface area contributed by atoms with Crippen molar-refractivity contribution in [2.24, 2.45) is 10.8 Å². The first-order chi connectivity index (χ1) is 12.4. The Balaban J connectivity index is 1.99. The highest BCUT2D eigenvalue weighted by Crippen LogP contribution is 2.82. The lowest BCUT2D eigenvalue weighted by Crippen LogP contribution is -2.70. The van der Waals surface area contributed by atoms with Crippen LogP contribution >= 0.6 is 46.2 Å². The van der Waals surface area contributed by atoms with E-state index in [4.69, 9.17) is 0 Å². The van der Waals surface area contributed by atoms with Gasteiger partial charge in [-0.3, -0.25) is 4.79 Å². The van der Waals surface area contributed by atoms with Crippen molar-refractivity contribution in [2.45, 2.75) is 47.9 Å². The van der Waals surface area contributed by atoms with Crippen molar-refractivity contribution in [3.8, 4) is 0 Å². The van der Waals surface area contributed by atoms with Gasteiger partial charge >= 0.3 is 6.18 Å². The average molecular weight is 449 g/mol. The lowest BCUT2D eigenvalue weighted by atomic mass is 9.53. The molecule has 4 rings (SSSR count). The number of carbonyl (C=O) groups is 1. The highest BCUT2D eigenvalue weighted by Gasteiger charge is 2.81. The van der Waals surface area contributed by atoms with E-state index in [1.807, 2.05) is 10.8 Å². The van der Waals surface area contributed by atoms with Gasteiger partial charge in [0.05, 0.1) is 4.08 Å². The van der Waals surface area contributed by atoms with Crippen LogP contribution in [0.25, 0.3) is 0 Å². The topological polar surface area (TPSA) is 17.1 Å². The van der Waals surface area contributed by atoms with Gasteiger partial charge in [0, 0.05) is 20.6 Å². The van der Waals surface area contributed by atoms with E-state index >= 15 is 0 Å². The van der Waals surface area contributed by atoms with Crippen LogP contribution in [0.15, 0.2) is 35.0 Å². The van der Waals surface area contributed by atoms with Gasteiger partial charge in [0.1, 0.15) is 15.8 Å². The Kier molecular flexibility index (Phi) is 4.27. The summed E-state index contributed by atoms with van der Waals surface area (Å²) in [6, 6.07) is 7.22. The fraction of sp³-hybridized carbons (Fsp3) is 0.526. The summed E-state index contributed by atoms with van der Waals surface area (Å²) in [5, 5.41) is 2.05. The smallest absolute Gasteiger partial charge is 0.298 e. The second-order valence-electron chi connectivity index (χ2n) is 8.03. The van der Waals surface area contributed by atoms with Gasteiger partial charge in [-0.25, -0.2) is 0 Å². The Morgan fingerprint density at radius 1 is 0.926 bits per heavy atom. The van der Waals surface area contributed by atoms with Gasteiger partial charge in [-0.05, 0) is 22.9 Å². The van der Waals surface area contributed by atoms with Crippen molar-refractivity contribution in [1.29, 1.82) is 0 Å². The zero-order valence-corrected chi connectivity index (χ0v) is 18.5. The number of rotatable bonds is 2. The molecule has 0 amide bonds. The number of carbonyl (C=O) groups excluding carboxylic acids is 1. The average Bonchev–Trinajstić information content (AvgIpc) is 3.30. The monoisotopic (exact) mass is 448 g/mol. The van der Waals surface area contributed by atoms with E-state index in [1.165, 1.54) is 34.4 Å². The van der Waals surface area contributed by atoms with Crippen LogP contribution in [0.3, 0.4) is 0 Å². The third kappa shape index (κ3) is 2.30. The number of ketones is 1. The number of Topliss-reactive ketones (excluding diaryl/α,β-unsaturated/α-hetero) is 1. The number of hydrogen-bond donors (Lipinski definition) is 0. The Morgan fingerprint density at radius 3 is 1.78 bits per heavy atom. The van der Waals surface area contributed by atoms with Gasteiger partial charge in [-0.15, -0.1) is 46.2 Å². The number of alkyl halides is 3. The quantitative estimate of drug-likeness (QED) is 0.503. The van der Waals surface area contributed by atoms with Crippen molar-refractivity contribution >= 4 is 52.0 Å². The Hall–Kier alpha value is -0.440. The van der Waals surface area contributed by atoms with E-state index in [2.05, 4.69) is 0 Å². The number of thioether (sulfide) groups is 2. The molecular weight excluding hydrogens is 429 g/mol. The molecule has 2 aromatic heterocycles. The van der Waals surface area contributed by atoms with Gasteiger partial charge in [0.15, 0.2) is 0 Å². The minimum atomic E-state index is -4.39. The maximum atomic E-state index is 14.4. The van der Waals surface area contributed by atoms with Crippen LogP contribution in [0.5, 0.6) is 0 Å². The van der Waals surface area contributed by atoms with E-state index in [0.29, 0.717) is 9.75 Å². The first kappa shape index (κ1) is 19.9. The summed E-state index contributed by atoms with van der Waals surface area (Å²) in [5.74, 6) is 0.0316. The zero-order valence-electron chi connectivity index (χ0n) is 15.2. The molecular formula is C19H19F3OS4. The van der Waals surface area contributed by atoms with E-state index in [9.17, 15) is 18.0 Å². The first-order valence-corrected chi connectivity index (χ1v) is 11.9. The molecule has 3 heterocycles. The second kappa shape index (κ2) is 5.80. The summed E-state index contributed by atoms with van der Waals surface area (Å²) in [4.78, 5) is 14.2. The van der Waals surface area contributed by atoms with Crippen LogP contribution < -0.4 is 0 Å². The SMILES string of the molecule is CC1(C)C(=O)C(C)(C)C12SC(C(F)(F)F)C(c1cccs1)(c1cccs1)S2. The van der Waals surface area contributed by atoms with Crippen LogP contribution in [-0.4, -0.2) is 21.3 Å². The predicted octanol–water partition coefficient (Wildman–Crippen LogP) is 6.80. The molecule has 1 saturated carbocycles. The highest BCUT2D eigenvalue weighted by atomic mass is 32.2. The molecule has 27 heavy (non-hydrogen) atoms. The molecule has 2 aliphatic rings. The van der Waals surface area contributed by atoms with Crippen molar-refractivity contribution < 1.29 is 18.0 Å². The van der Waals surface area contributed by atoms with E-state index in [-0.39, 0.29) is 5.78 Å². The molecule has 1 saturated heterocycles. The number of hydrogen-bond acceptors (Lipinski definition) is 5. The molecule has 1 nitrogen and oxygen atoms in total. The third-order valence-corrected chi connectivity index (χ3v) is 13.3. The number of thiophene rings is 2. The Labute approximate surface area is 173 Å². The molecule has 2 aromatic rings. The molecule has 2 fully saturated rings. The van der Waals surface area contributed by atoms with Crippen LogP contribution in [0, 0.1) is 10.8 Å². The molecule has 0 N–H and O–H groups in total. The molecule has 1 aliphatic carbocycles. The summed E-state index contributed by atoms with van der Waals surface area (Å²) in [7, 11) is 0. The molecule has 0 radical (unpaired) electrons. The standard InChI is InChI=1S/C19H19F3OS4/c1-15(2)13(23)16(3,4)19(15)26-14(18(20,21)22)17(27-19,11-7-5-9-24-11)12-8-6-10-25-12/h5-10,14H,1-4H3. The number of halogens is 3. The zero-order chi connectivity index (χ0) is 19.9. The van der Waals surface area contributed by atoms with E-state index in [1.54, 1.807) is 52.0 Å². The second-order valence-corrected chi connectivity index (χ2v) is 13.0. The normalized spacial score (nSPS) is 27.7. The van der Waals surface area contributed by atoms with Crippen LogP contribution in [0.2, 0.25) is 0 Å². The predicted molar refractivity (Wildman–Crippen MR) is 110 cm³/mol. The lowest BCUT2D eigenvalue weighted by molar-refractivity contribution is -0.152. The van der Waals surface area contributed by atoms with Crippen LogP contribution in [-0.2, 0) is 9.54 Å². The van der Waals surface area contributed by atoms with Gasteiger partial charge in [-0.1, -0.05) is 39.8 Å². The molecule has 1 spiro atoms. The third-order valence-electron chi connectivity index (χ3n) is 5.81. The fourth-order valence-electron chi connectivity index (χ4n) is 4.66. The summed E-state index contributed by atoms with van der Waals surface area (Å²) in [6.45, 7) is 7.19. The highest BCUT2D eigenvalue weighted by molar-refractivity contribution is 8.22. The van der Waals surface area contributed by atoms with Gasteiger partial charge < -0.3 is 0 Å². The van der Waals surface area contributed by atoms with Crippen molar-refractivity contribution in [1.82, 2.24) is 0 Å². The molecule has 146 valence electrons. The maximum absolute atomic E-state index is 14.4. The van der Waals surface area contributed by atoms with Crippen molar-refractivity contribution in [3.05, 3.63) is 44.8 Å². The lowest BCUT2D eigenvalue weighted by Gasteiger charge is -2.63. The van der Waals surface area contributed by atoms with Crippen molar-refractivity contribution in [2.75, 3.05) is 0 Å². The summed E-state index contributed by atoms with van der Waals surface area (Å²) in [6.07, 6.45) is -4.39. The minimum Gasteiger partial charge on any atom is -0.298 e. The largest absolute Gasteiger partial charge is 0.402 e. The van der Waals surface area contributed by atoms with Gasteiger partial charge in [-0.2, -0.15) is 13.2 Å². The molecule has 0 aromatic carbocycles. The molecule has 1 atom stereocenters. The van der Waals surface area contributed by atoms with Crippen LogP contribution in [0.4, 0.5) is 13.2 Å². The molecule has 0 bridgehead atoms. The molecule has 8 heteroatoms. The summed E-state index contributed by atoms with van der Waals surface area (Å²) in [5.41, 5.74) is -1.66. The van der Waals surface area contributed by atoms with E-state index in [0.717, 1.165) is 11.8 Å². The molecule has 1 aliphatic heterocycles. The van der Waals surface area contributed by atoms with Gasteiger partial charge in [0.25, 0.3) is 0 Å². The summed E-state index contributed by atoms with van der Waals surface area (Å²) >= 11 is 5.04. The Morgan fingerprint density at radius 2 is 1.41 bits per heavy atom.